The van der Waals surface area contributed by atoms with Crippen LogP contribution < -0.4 is 4.74 Å². The Morgan fingerprint density at radius 2 is 1.72 bits per heavy atom. The van der Waals surface area contributed by atoms with Crippen molar-refractivity contribution in [3.05, 3.63) is 62.5 Å². The molecule has 0 radical (unpaired) electrons. The van der Waals surface area contributed by atoms with Gasteiger partial charge < -0.3 is 4.74 Å². The van der Waals surface area contributed by atoms with Gasteiger partial charge in [-0.05, 0) is 64.8 Å². The maximum absolute atomic E-state index is 11.9. The van der Waals surface area contributed by atoms with E-state index in [1.165, 1.54) is 0 Å². The number of halogens is 2. The molecule has 0 amide bonds. The molecule has 0 spiro atoms. The summed E-state index contributed by atoms with van der Waals surface area (Å²) in [6.45, 7) is 1.98. The lowest BCUT2D eigenvalue weighted by molar-refractivity contribution is 0.0733. The molecule has 0 fully saturated rings. The normalized spacial score (nSPS) is 10.2. The van der Waals surface area contributed by atoms with Crippen molar-refractivity contribution < 1.29 is 9.53 Å². The van der Waals surface area contributed by atoms with E-state index in [9.17, 15) is 4.79 Å². The predicted molar refractivity (Wildman–Crippen MR) is 78.0 cm³/mol. The van der Waals surface area contributed by atoms with E-state index in [4.69, 9.17) is 4.74 Å². The molecule has 0 aliphatic heterocycles. The molecular formula is C14H10Br2O2. The summed E-state index contributed by atoms with van der Waals surface area (Å²) in [4.78, 5) is 11.9. The van der Waals surface area contributed by atoms with Gasteiger partial charge >= 0.3 is 5.97 Å². The molecule has 0 bridgehead atoms. The van der Waals surface area contributed by atoms with Crippen molar-refractivity contribution in [1.82, 2.24) is 0 Å². The molecule has 0 aromatic heterocycles. The van der Waals surface area contributed by atoms with Crippen molar-refractivity contribution in [2.45, 2.75) is 6.92 Å². The van der Waals surface area contributed by atoms with Crippen LogP contribution in [-0.2, 0) is 0 Å². The molecule has 0 aliphatic rings. The third-order valence-electron chi connectivity index (χ3n) is 2.37. The van der Waals surface area contributed by atoms with Crippen LogP contribution in [0.5, 0.6) is 5.75 Å². The van der Waals surface area contributed by atoms with Gasteiger partial charge in [0.25, 0.3) is 0 Å². The van der Waals surface area contributed by atoms with Crippen molar-refractivity contribution in [1.29, 1.82) is 0 Å². The first-order chi connectivity index (χ1) is 8.56. The molecule has 0 heterocycles. The lowest BCUT2D eigenvalue weighted by atomic mass is 10.2. The van der Waals surface area contributed by atoms with Gasteiger partial charge in [-0.2, -0.15) is 0 Å². The largest absolute Gasteiger partial charge is 0.422 e. The summed E-state index contributed by atoms with van der Waals surface area (Å²) in [7, 11) is 0. The van der Waals surface area contributed by atoms with E-state index in [-0.39, 0.29) is 5.97 Å². The lowest BCUT2D eigenvalue weighted by Crippen LogP contribution is -2.08. The van der Waals surface area contributed by atoms with Crippen LogP contribution in [0, 0.1) is 6.92 Å². The predicted octanol–water partition coefficient (Wildman–Crippen LogP) is 4.74. The van der Waals surface area contributed by atoms with Gasteiger partial charge in [0.15, 0.2) is 0 Å². The van der Waals surface area contributed by atoms with E-state index in [1.807, 2.05) is 19.1 Å². The molecule has 18 heavy (non-hydrogen) atoms. The summed E-state index contributed by atoms with van der Waals surface area (Å²) in [6.07, 6.45) is 0. The topological polar surface area (TPSA) is 26.3 Å². The van der Waals surface area contributed by atoms with Crippen LogP contribution in [0.1, 0.15) is 15.9 Å². The van der Waals surface area contributed by atoms with E-state index in [2.05, 4.69) is 31.9 Å². The summed E-state index contributed by atoms with van der Waals surface area (Å²) in [6, 6.07) is 12.6. The Labute approximate surface area is 122 Å². The Hall–Kier alpha value is -1.13. The van der Waals surface area contributed by atoms with E-state index >= 15 is 0 Å². The number of ether oxygens (including phenoxy) is 1. The first-order valence-corrected chi connectivity index (χ1v) is 6.89. The van der Waals surface area contributed by atoms with Gasteiger partial charge in [-0.1, -0.05) is 22.0 Å². The molecule has 0 unspecified atom stereocenters. The number of carbonyl (C=O) groups is 1. The monoisotopic (exact) mass is 368 g/mol. The highest BCUT2D eigenvalue weighted by Crippen LogP contribution is 2.26. The average molecular weight is 370 g/mol. The maximum Gasteiger partial charge on any atom is 0.343 e. The number of rotatable bonds is 2. The van der Waals surface area contributed by atoms with Gasteiger partial charge in [-0.3, -0.25) is 0 Å². The standard InChI is InChI=1S/C14H10Br2O2/c1-9-2-7-13(12(16)8-9)18-14(17)10-3-5-11(15)6-4-10/h2-8H,1H3. The molecular weight excluding hydrogens is 360 g/mol. The van der Waals surface area contributed by atoms with Crippen molar-refractivity contribution in [2.75, 3.05) is 0 Å². The molecule has 2 nitrogen and oxygen atoms in total. The van der Waals surface area contributed by atoms with Crippen LogP contribution in [0.25, 0.3) is 0 Å². The Morgan fingerprint density at radius 1 is 1.06 bits per heavy atom. The highest BCUT2D eigenvalue weighted by atomic mass is 79.9. The summed E-state index contributed by atoms with van der Waals surface area (Å²) in [5.74, 6) is 0.153. The fraction of sp³-hybridized carbons (Fsp3) is 0.0714. The zero-order chi connectivity index (χ0) is 13.1. The third kappa shape index (κ3) is 3.21. The van der Waals surface area contributed by atoms with Crippen LogP contribution in [0.3, 0.4) is 0 Å². The molecule has 0 saturated heterocycles. The quantitative estimate of drug-likeness (QED) is 0.564. The van der Waals surface area contributed by atoms with Gasteiger partial charge in [0.05, 0.1) is 10.0 Å². The smallest absolute Gasteiger partial charge is 0.343 e. The van der Waals surface area contributed by atoms with Gasteiger partial charge in [0, 0.05) is 4.47 Å². The molecule has 0 N–H and O–H groups in total. The van der Waals surface area contributed by atoms with Crippen molar-refractivity contribution in [2.24, 2.45) is 0 Å². The minimum Gasteiger partial charge on any atom is -0.422 e. The van der Waals surface area contributed by atoms with E-state index in [1.54, 1.807) is 30.3 Å². The number of hydrogen-bond donors (Lipinski definition) is 0. The molecule has 4 heteroatoms. The molecule has 2 aromatic rings. The second kappa shape index (κ2) is 5.67. The maximum atomic E-state index is 11.9. The summed E-state index contributed by atoms with van der Waals surface area (Å²) < 4.78 is 7.02. The first kappa shape index (κ1) is 13.3. The average Bonchev–Trinajstić information content (AvgIpc) is 2.33. The third-order valence-corrected chi connectivity index (χ3v) is 3.52. The molecule has 0 saturated carbocycles. The second-order valence-corrected chi connectivity index (χ2v) is 5.60. The summed E-state index contributed by atoms with van der Waals surface area (Å²) >= 11 is 6.70. The molecule has 0 aliphatic carbocycles. The van der Waals surface area contributed by atoms with Crippen LogP contribution in [0.2, 0.25) is 0 Å². The number of carbonyl (C=O) groups excluding carboxylic acids is 1. The highest BCUT2D eigenvalue weighted by molar-refractivity contribution is 9.10. The van der Waals surface area contributed by atoms with Crippen LogP contribution >= 0.6 is 31.9 Å². The second-order valence-electron chi connectivity index (χ2n) is 3.83. The summed E-state index contributed by atoms with van der Waals surface area (Å²) in [5, 5.41) is 0. The Kier molecular flexibility index (Phi) is 4.19. The van der Waals surface area contributed by atoms with E-state index < -0.39 is 0 Å². The van der Waals surface area contributed by atoms with Crippen molar-refractivity contribution in [3.63, 3.8) is 0 Å². The van der Waals surface area contributed by atoms with Gasteiger partial charge in [0.2, 0.25) is 0 Å². The SMILES string of the molecule is Cc1ccc(OC(=O)c2ccc(Br)cc2)c(Br)c1. The fourth-order valence-corrected chi connectivity index (χ4v) is 2.27. The van der Waals surface area contributed by atoms with Gasteiger partial charge in [-0.15, -0.1) is 0 Å². The first-order valence-electron chi connectivity index (χ1n) is 5.30. The van der Waals surface area contributed by atoms with Crippen LogP contribution in [0.4, 0.5) is 0 Å². The lowest BCUT2D eigenvalue weighted by Gasteiger charge is -2.07. The van der Waals surface area contributed by atoms with E-state index in [0.717, 1.165) is 14.5 Å². The minimum absolute atomic E-state index is 0.368. The molecule has 2 rings (SSSR count). The van der Waals surface area contributed by atoms with E-state index in [0.29, 0.717) is 11.3 Å². The number of aryl methyl sites for hydroxylation is 1. The number of esters is 1. The molecule has 0 atom stereocenters. The van der Waals surface area contributed by atoms with Crippen molar-refractivity contribution >= 4 is 37.8 Å². The number of benzene rings is 2. The Balaban J connectivity index is 2.18. The van der Waals surface area contributed by atoms with Crippen molar-refractivity contribution in [3.8, 4) is 5.75 Å². The van der Waals surface area contributed by atoms with Gasteiger partial charge in [-0.25, -0.2) is 4.79 Å². The zero-order valence-electron chi connectivity index (χ0n) is 9.61. The minimum atomic E-state index is -0.368. The van der Waals surface area contributed by atoms with Crippen LogP contribution in [-0.4, -0.2) is 5.97 Å². The Morgan fingerprint density at radius 3 is 2.33 bits per heavy atom. The highest BCUT2D eigenvalue weighted by Gasteiger charge is 2.10. The number of hydrogen-bond acceptors (Lipinski definition) is 2. The van der Waals surface area contributed by atoms with Gasteiger partial charge in [0.1, 0.15) is 5.75 Å². The fourth-order valence-electron chi connectivity index (χ4n) is 1.43. The zero-order valence-corrected chi connectivity index (χ0v) is 12.8. The molecule has 92 valence electrons. The summed E-state index contributed by atoms with van der Waals surface area (Å²) in [5.41, 5.74) is 1.62. The van der Waals surface area contributed by atoms with Crippen LogP contribution in [0.15, 0.2) is 51.4 Å². The Bertz CT molecular complexity index is 577. The molecule has 2 aromatic carbocycles.